The third-order valence-electron chi connectivity index (χ3n) is 2.62. The quantitative estimate of drug-likeness (QED) is 0.892. The van der Waals surface area contributed by atoms with Crippen molar-refractivity contribution in [2.75, 3.05) is 11.9 Å². The highest BCUT2D eigenvalue weighted by Gasteiger charge is 2.05. The van der Waals surface area contributed by atoms with Crippen molar-refractivity contribution in [3.8, 4) is 6.07 Å². The minimum Gasteiger partial charge on any atom is -0.383 e. The molecular weight excluding hydrogens is 264 g/mol. The monoisotopic (exact) mass is 276 g/mol. The van der Waals surface area contributed by atoms with Gasteiger partial charge in [-0.1, -0.05) is 29.8 Å². The Balaban J connectivity index is 1.97. The molecule has 1 aromatic heterocycles. The van der Waals surface area contributed by atoms with Gasteiger partial charge in [-0.25, -0.2) is 0 Å². The minimum absolute atomic E-state index is 0.347. The van der Waals surface area contributed by atoms with Crippen molar-refractivity contribution < 1.29 is 0 Å². The van der Waals surface area contributed by atoms with Crippen molar-refractivity contribution in [3.05, 3.63) is 51.2 Å². The molecule has 0 amide bonds. The predicted molar refractivity (Wildman–Crippen MR) is 77.3 cm³/mol. The average molecular weight is 277 g/mol. The Morgan fingerprint density at radius 1 is 1.28 bits per heavy atom. The van der Waals surface area contributed by atoms with E-state index < -0.39 is 0 Å². The summed E-state index contributed by atoms with van der Waals surface area (Å²) < 4.78 is 0. The molecule has 0 spiro atoms. The summed E-state index contributed by atoms with van der Waals surface area (Å²) >= 11 is 7.99. The number of nitrogens with one attached hydrogen (secondary N) is 1. The van der Waals surface area contributed by atoms with Gasteiger partial charge in [0.1, 0.15) is 0 Å². The maximum atomic E-state index is 8.71. The Morgan fingerprint density at radius 2 is 2.17 bits per heavy atom. The first-order valence-corrected chi connectivity index (χ1v) is 6.97. The molecule has 0 saturated heterocycles. The summed E-state index contributed by atoms with van der Waals surface area (Å²) in [6, 6.07) is 12.1. The van der Waals surface area contributed by atoms with Crippen LogP contribution in [0.2, 0.25) is 5.02 Å². The smallest absolute Gasteiger partial charge is 0.0679 e. The lowest BCUT2D eigenvalue weighted by atomic mass is 10.1. The van der Waals surface area contributed by atoms with Crippen LogP contribution in [0.3, 0.4) is 0 Å². The van der Waals surface area contributed by atoms with Gasteiger partial charge in [-0.05, 0) is 29.5 Å². The molecule has 2 aromatic rings. The minimum atomic E-state index is 0.347. The molecule has 2 nitrogen and oxygen atoms in total. The van der Waals surface area contributed by atoms with Gasteiger partial charge < -0.3 is 5.32 Å². The summed E-state index contributed by atoms with van der Waals surface area (Å²) in [6.45, 7) is 0.843. The highest BCUT2D eigenvalue weighted by molar-refractivity contribution is 7.09. The third kappa shape index (κ3) is 3.25. The second-order valence-corrected chi connectivity index (χ2v) is 5.28. The van der Waals surface area contributed by atoms with Crippen LogP contribution >= 0.6 is 22.9 Å². The zero-order chi connectivity index (χ0) is 12.8. The summed E-state index contributed by atoms with van der Waals surface area (Å²) in [4.78, 5) is 1.35. The van der Waals surface area contributed by atoms with Crippen molar-refractivity contribution >= 4 is 28.6 Å². The molecule has 2 rings (SSSR count). The molecule has 0 fully saturated rings. The van der Waals surface area contributed by atoms with Crippen LogP contribution in [-0.2, 0) is 12.8 Å². The van der Waals surface area contributed by atoms with Gasteiger partial charge in [0.2, 0.25) is 0 Å². The van der Waals surface area contributed by atoms with Crippen molar-refractivity contribution in [2.45, 2.75) is 12.8 Å². The van der Waals surface area contributed by atoms with Crippen LogP contribution in [0.1, 0.15) is 10.4 Å². The van der Waals surface area contributed by atoms with E-state index in [2.05, 4.69) is 28.9 Å². The molecule has 0 aliphatic rings. The molecule has 0 aliphatic carbocycles. The number of nitrogens with zero attached hydrogens (tertiary/aromatic N) is 1. The van der Waals surface area contributed by atoms with Gasteiger partial charge in [-0.3, -0.25) is 0 Å². The number of halogens is 1. The first-order valence-electron chi connectivity index (χ1n) is 5.72. The lowest BCUT2D eigenvalue weighted by molar-refractivity contribution is 1.04. The molecule has 0 bridgehead atoms. The fraction of sp³-hybridized carbons (Fsp3) is 0.214. The molecule has 0 unspecified atom stereocenters. The lowest BCUT2D eigenvalue weighted by Crippen LogP contribution is -2.05. The van der Waals surface area contributed by atoms with Crippen LogP contribution < -0.4 is 5.32 Å². The van der Waals surface area contributed by atoms with E-state index in [-0.39, 0.29) is 0 Å². The molecule has 0 saturated carbocycles. The van der Waals surface area contributed by atoms with E-state index in [0.717, 1.165) is 24.2 Å². The predicted octanol–water partition coefficient (Wildman–Crippen LogP) is 4.12. The van der Waals surface area contributed by atoms with Crippen LogP contribution in [0.5, 0.6) is 0 Å². The summed E-state index contributed by atoms with van der Waals surface area (Å²) in [5, 5.41) is 14.8. The average Bonchev–Trinajstić information content (AvgIpc) is 2.87. The topological polar surface area (TPSA) is 35.8 Å². The van der Waals surface area contributed by atoms with Crippen molar-refractivity contribution in [2.24, 2.45) is 0 Å². The molecule has 18 heavy (non-hydrogen) atoms. The summed E-state index contributed by atoms with van der Waals surface area (Å²) in [7, 11) is 0. The number of nitriles is 1. The second-order valence-electron chi connectivity index (χ2n) is 3.87. The number of hydrogen-bond donors (Lipinski definition) is 1. The normalized spacial score (nSPS) is 10.0. The van der Waals surface area contributed by atoms with E-state index >= 15 is 0 Å². The summed E-state index contributed by atoms with van der Waals surface area (Å²) in [5.41, 5.74) is 1.78. The Bertz CT molecular complexity index is 543. The Morgan fingerprint density at radius 3 is 2.89 bits per heavy atom. The molecule has 1 heterocycles. The largest absolute Gasteiger partial charge is 0.383 e. The molecule has 0 aliphatic heterocycles. The maximum absolute atomic E-state index is 8.71. The summed E-state index contributed by atoms with van der Waals surface area (Å²) in [5.74, 6) is 0. The fourth-order valence-corrected chi connectivity index (χ4v) is 2.68. The van der Waals surface area contributed by atoms with Crippen LogP contribution in [0.15, 0.2) is 35.7 Å². The first kappa shape index (κ1) is 12.9. The molecule has 1 N–H and O–H groups in total. The molecule has 92 valence electrons. The van der Waals surface area contributed by atoms with Gasteiger partial charge in [0.15, 0.2) is 0 Å². The van der Waals surface area contributed by atoms with Gasteiger partial charge in [-0.2, -0.15) is 5.26 Å². The molecular formula is C14H13ClN2S. The van der Waals surface area contributed by atoms with E-state index in [1.165, 1.54) is 4.88 Å². The number of anilines is 1. The van der Waals surface area contributed by atoms with E-state index in [1.807, 2.05) is 18.2 Å². The van der Waals surface area contributed by atoms with Crippen LogP contribution in [-0.4, -0.2) is 6.54 Å². The fourth-order valence-electron chi connectivity index (χ4n) is 1.71. The Hall–Kier alpha value is -1.50. The van der Waals surface area contributed by atoms with Gasteiger partial charge in [0.25, 0.3) is 0 Å². The standard InChI is InChI=1S/C14H13ClN2S/c15-14-11(6-8-16)3-1-5-13(14)17-9-7-12-4-2-10-18-12/h1-5,10,17H,6-7,9H2. The SMILES string of the molecule is N#CCc1cccc(NCCc2cccs2)c1Cl. The molecule has 0 radical (unpaired) electrons. The zero-order valence-electron chi connectivity index (χ0n) is 9.82. The lowest BCUT2D eigenvalue weighted by Gasteiger charge is -2.09. The van der Waals surface area contributed by atoms with E-state index in [1.54, 1.807) is 11.3 Å². The molecule has 4 heteroatoms. The number of hydrogen-bond acceptors (Lipinski definition) is 3. The van der Waals surface area contributed by atoms with Crippen LogP contribution in [0, 0.1) is 11.3 Å². The maximum Gasteiger partial charge on any atom is 0.0679 e. The van der Waals surface area contributed by atoms with Gasteiger partial charge in [0.05, 0.1) is 23.2 Å². The zero-order valence-corrected chi connectivity index (χ0v) is 11.4. The van der Waals surface area contributed by atoms with E-state index in [0.29, 0.717) is 11.4 Å². The highest BCUT2D eigenvalue weighted by Crippen LogP contribution is 2.26. The highest BCUT2D eigenvalue weighted by atomic mass is 35.5. The van der Waals surface area contributed by atoms with Crippen molar-refractivity contribution in [1.82, 2.24) is 0 Å². The van der Waals surface area contributed by atoms with Crippen LogP contribution in [0.4, 0.5) is 5.69 Å². The Kier molecular flexibility index (Phi) is 4.63. The van der Waals surface area contributed by atoms with Gasteiger partial charge in [-0.15, -0.1) is 11.3 Å². The number of benzene rings is 1. The molecule has 1 aromatic carbocycles. The van der Waals surface area contributed by atoms with Gasteiger partial charge >= 0.3 is 0 Å². The Labute approximate surface area is 116 Å². The number of rotatable bonds is 5. The van der Waals surface area contributed by atoms with E-state index in [4.69, 9.17) is 16.9 Å². The summed E-state index contributed by atoms with van der Waals surface area (Å²) in [6.07, 6.45) is 1.33. The molecule has 0 atom stereocenters. The van der Waals surface area contributed by atoms with Crippen molar-refractivity contribution in [1.29, 1.82) is 5.26 Å². The second kappa shape index (κ2) is 6.44. The van der Waals surface area contributed by atoms with Crippen LogP contribution in [0.25, 0.3) is 0 Å². The first-order chi connectivity index (χ1) is 8.81. The number of thiophene rings is 1. The van der Waals surface area contributed by atoms with Crippen molar-refractivity contribution in [3.63, 3.8) is 0 Å². The third-order valence-corrected chi connectivity index (χ3v) is 4.00. The van der Waals surface area contributed by atoms with Gasteiger partial charge in [0, 0.05) is 11.4 Å². The van der Waals surface area contributed by atoms with E-state index in [9.17, 15) is 0 Å².